The highest BCUT2D eigenvalue weighted by Crippen LogP contribution is 2.33. The number of carbonyl (C=O) groups is 1. The largest absolute Gasteiger partial charge is 0.308 e. The topological polar surface area (TPSA) is 54.3 Å². The minimum Gasteiger partial charge on any atom is -0.308 e. The molecule has 0 unspecified atom stereocenters. The maximum absolute atomic E-state index is 13.2. The molecule has 3 aromatic rings. The summed E-state index contributed by atoms with van der Waals surface area (Å²) in [5, 5.41) is 5.09. The van der Waals surface area contributed by atoms with E-state index in [1.165, 1.54) is 5.56 Å². The van der Waals surface area contributed by atoms with Crippen LogP contribution in [-0.2, 0) is 7.05 Å². The zero-order chi connectivity index (χ0) is 19.0. The Morgan fingerprint density at radius 2 is 1.78 bits per heavy atom. The smallest absolute Gasteiger partial charge is 0.280 e. The van der Waals surface area contributed by atoms with E-state index >= 15 is 0 Å². The Bertz CT molecular complexity index is 924. The van der Waals surface area contributed by atoms with E-state index < -0.39 is 0 Å². The molecule has 0 aliphatic heterocycles. The minimum atomic E-state index is -0.0979. The summed E-state index contributed by atoms with van der Waals surface area (Å²) < 4.78 is 2.82. The average Bonchev–Trinajstić information content (AvgIpc) is 3.15. The van der Waals surface area contributed by atoms with Crippen molar-refractivity contribution in [2.75, 3.05) is 32.1 Å². The number of carbonyl (C=O) groups excluding carboxylic acids is 1. The molecule has 2 aromatic heterocycles. The Morgan fingerprint density at radius 1 is 1.11 bits per heavy atom. The molecule has 6 nitrogen and oxygen atoms in total. The number of nitrogens with zero attached hydrogens (tertiary/aromatic N) is 5. The van der Waals surface area contributed by atoms with Crippen molar-refractivity contribution in [1.29, 1.82) is 0 Å². The summed E-state index contributed by atoms with van der Waals surface area (Å²) in [5.74, 6) is -0.0979. The van der Waals surface area contributed by atoms with Gasteiger partial charge in [0.2, 0.25) is 0 Å². The van der Waals surface area contributed by atoms with E-state index in [0.717, 1.165) is 33.0 Å². The molecule has 27 heavy (non-hydrogen) atoms. The van der Waals surface area contributed by atoms with Crippen LogP contribution in [0, 0.1) is 20.8 Å². The zero-order valence-electron chi connectivity index (χ0n) is 16.6. The molecule has 0 atom stereocenters. The molecule has 8 heteroatoms. The van der Waals surface area contributed by atoms with Crippen LogP contribution in [0.15, 0.2) is 18.3 Å². The van der Waals surface area contributed by atoms with E-state index in [9.17, 15) is 4.79 Å². The number of anilines is 1. The van der Waals surface area contributed by atoms with Gasteiger partial charge in [0, 0.05) is 31.9 Å². The third kappa shape index (κ3) is 4.31. The van der Waals surface area contributed by atoms with Gasteiger partial charge in [-0.2, -0.15) is 5.10 Å². The molecular formula is C19H26ClN5OS. The van der Waals surface area contributed by atoms with Crippen LogP contribution >= 0.6 is 23.7 Å². The van der Waals surface area contributed by atoms with E-state index in [1.54, 1.807) is 20.9 Å². The van der Waals surface area contributed by atoms with E-state index in [1.807, 2.05) is 34.3 Å². The number of likely N-dealkylation sites (N-methyl/N-ethyl adjacent to an activating group) is 1. The highest BCUT2D eigenvalue weighted by molar-refractivity contribution is 7.22. The van der Waals surface area contributed by atoms with Crippen molar-refractivity contribution < 1.29 is 4.79 Å². The molecule has 0 spiro atoms. The predicted molar refractivity (Wildman–Crippen MR) is 115 cm³/mol. The normalized spacial score (nSPS) is 11.1. The first-order chi connectivity index (χ1) is 12.3. The number of benzene rings is 1. The van der Waals surface area contributed by atoms with Crippen LogP contribution in [0.25, 0.3) is 10.2 Å². The lowest BCUT2D eigenvalue weighted by atomic mass is 10.1. The van der Waals surface area contributed by atoms with Crippen LogP contribution in [0.2, 0.25) is 0 Å². The van der Waals surface area contributed by atoms with Gasteiger partial charge in [-0.25, -0.2) is 4.98 Å². The minimum absolute atomic E-state index is 0. The third-order valence-electron chi connectivity index (χ3n) is 4.39. The van der Waals surface area contributed by atoms with Crippen molar-refractivity contribution in [3.63, 3.8) is 0 Å². The number of aromatic nitrogens is 3. The van der Waals surface area contributed by atoms with Gasteiger partial charge in [-0.15, -0.1) is 12.4 Å². The molecule has 0 fully saturated rings. The molecule has 1 amide bonds. The molecule has 146 valence electrons. The van der Waals surface area contributed by atoms with Gasteiger partial charge in [0.25, 0.3) is 5.91 Å². The summed E-state index contributed by atoms with van der Waals surface area (Å²) in [5.41, 5.74) is 4.65. The van der Waals surface area contributed by atoms with Crippen molar-refractivity contribution in [2.45, 2.75) is 20.8 Å². The fourth-order valence-corrected chi connectivity index (χ4v) is 4.03. The second kappa shape index (κ2) is 8.37. The Kier molecular flexibility index (Phi) is 6.62. The monoisotopic (exact) mass is 407 g/mol. The highest BCUT2D eigenvalue weighted by Gasteiger charge is 2.25. The standard InChI is InChI=1S/C19H25N5OS.ClH/c1-12-7-8-13(2)17-15(12)20-19(26-17)24(10-9-22(4)5)18(25)16-14(3)11-23(6)21-16;/h7-8,11H,9-10H2,1-6H3;1H. The quantitative estimate of drug-likeness (QED) is 0.648. The van der Waals surface area contributed by atoms with Crippen LogP contribution in [0.1, 0.15) is 27.2 Å². The summed E-state index contributed by atoms with van der Waals surface area (Å²) >= 11 is 1.57. The van der Waals surface area contributed by atoms with Crippen LogP contribution in [0.5, 0.6) is 0 Å². The maximum Gasteiger partial charge on any atom is 0.280 e. The van der Waals surface area contributed by atoms with Crippen molar-refractivity contribution in [3.8, 4) is 0 Å². The van der Waals surface area contributed by atoms with Gasteiger partial charge in [0.05, 0.1) is 10.2 Å². The molecule has 0 aliphatic carbocycles. The van der Waals surface area contributed by atoms with Crippen molar-refractivity contribution in [1.82, 2.24) is 19.7 Å². The lowest BCUT2D eigenvalue weighted by molar-refractivity contribution is 0.0979. The number of thiazole rings is 1. The zero-order valence-corrected chi connectivity index (χ0v) is 18.2. The van der Waals surface area contributed by atoms with Crippen LogP contribution in [0.3, 0.4) is 0 Å². The molecule has 0 aliphatic rings. The number of halogens is 1. The Morgan fingerprint density at radius 3 is 2.33 bits per heavy atom. The van der Waals surface area contributed by atoms with Gasteiger partial charge in [-0.05, 0) is 46.0 Å². The summed E-state index contributed by atoms with van der Waals surface area (Å²) in [6.45, 7) is 7.38. The molecule has 0 bridgehead atoms. The molecule has 3 rings (SSSR count). The van der Waals surface area contributed by atoms with Gasteiger partial charge in [-0.1, -0.05) is 23.5 Å². The van der Waals surface area contributed by atoms with Crippen molar-refractivity contribution >= 4 is 45.0 Å². The predicted octanol–water partition coefficient (Wildman–Crippen LogP) is 3.59. The van der Waals surface area contributed by atoms with Crippen LogP contribution in [0.4, 0.5) is 5.13 Å². The first kappa shape index (κ1) is 21.3. The molecule has 0 N–H and O–H groups in total. The third-order valence-corrected chi connectivity index (χ3v) is 5.61. The molecule has 0 saturated heterocycles. The van der Waals surface area contributed by atoms with Gasteiger partial charge >= 0.3 is 0 Å². The SMILES string of the molecule is Cc1cn(C)nc1C(=O)N(CCN(C)C)c1nc2c(C)ccc(C)c2s1.Cl. The Labute approximate surface area is 170 Å². The number of hydrogen-bond acceptors (Lipinski definition) is 5. The van der Waals surface area contributed by atoms with Crippen LogP contribution < -0.4 is 4.90 Å². The lowest BCUT2D eigenvalue weighted by Gasteiger charge is -2.21. The van der Waals surface area contributed by atoms with E-state index in [0.29, 0.717) is 12.2 Å². The fourth-order valence-electron chi connectivity index (χ4n) is 2.89. The summed E-state index contributed by atoms with van der Waals surface area (Å²) in [6.07, 6.45) is 1.87. The number of aryl methyl sites for hydroxylation is 4. The summed E-state index contributed by atoms with van der Waals surface area (Å²) in [4.78, 5) is 21.9. The van der Waals surface area contributed by atoms with E-state index in [4.69, 9.17) is 4.98 Å². The number of fused-ring (bicyclic) bond motifs is 1. The van der Waals surface area contributed by atoms with Gasteiger partial charge in [-0.3, -0.25) is 14.4 Å². The van der Waals surface area contributed by atoms with Crippen molar-refractivity contribution in [3.05, 3.63) is 40.7 Å². The van der Waals surface area contributed by atoms with E-state index in [2.05, 4.69) is 36.0 Å². The molecule has 0 saturated carbocycles. The second-order valence-electron chi connectivity index (χ2n) is 6.97. The maximum atomic E-state index is 13.2. The first-order valence-electron chi connectivity index (χ1n) is 8.61. The molecular weight excluding hydrogens is 382 g/mol. The molecule has 0 radical (unpaired) electrons. The van der Waals surface area contributed by atoms with Crippen LogP contribution in [-0.4, -0.2) is 52.8 Å². The fraction of sp³-hybridized carbons (Fsp3) is 0.421. The summed E-state index contributed by atoms with van der Waals surface area (Å²) in [7, 11) is 5.83. The average molecular weight is 408 g/mol. The van der Waals surface area contributed by atoms with Crippen molar-refractivity contribution in [2.24, 2.45) is 7.05 Å². The Hall–Kier alpha value is -1.96. The van der Waals surface area contributed by atoms with Gasteiger partial charge in [0.1, 0.15) is 0 Å². The highest BCUT2D eigenvalue weighted by atomic mass is 35.5. The van der Waals surface area contributed by atoms with Gasteiger partial charge in [0.15, 0.2) is 10.8 Å². The summed E-state index contributed by atoms with van der Waals surface area (Å²) in [6, 6.07) is 4.19. The number of amides is 1. The Balaban J connectivity index is 0.00000261. The second-order valence-corrected chi connectivity index (χ2v) is 7.95. The number of hydrogen-bond donors (Lipinski definition) is 0. The first-order valence-corrected chi connectivity index (χ1v) is 9.43. The van der Waals surface area contributed by atoms with E-state index in [-0.39, 0.29) is 18.3 Å². The molecule has 1 aromatic carbocycles. The molecule has 2 heterocycles. The lowest BCUT2D eigenvalue weighted by Crippen LogP contribution is -2.37. The number of rotatable bonds is 5. The van der Waals surface area contributed by atoms with Gasteiger partial charge < -0.3 is 4.90 Å².